The van der Waals surface area contributed by atoms with Crippen LogP contribution in [0.5, 0.6) is 0 Å². The van der Waals surface area contributed by atoms with Crippen LogP contribution in [0.3, 0.4) is 0 Å². The van der Waals surface area contributed by atoms with Crippen LogP contribution in [0.4, 0.5) is 13.2 Å². The molecule has 2 atom stereocenters. The molecule has 33 heavy (non-hydrogen) atoms. The third-order valence-corrected chi connectivity index (χ3v) is 5.64. The summed E-state index contributed by atoms with van der Waals surface area (Å²) in [7, 11) is 0. The Morgan fingerprint density at radius 2 is 2.00 bits per heavy atom. The van der Waals surface area contributed by atoms with Gasteiger partial charge in [0.15, 0.2) is 5.82 Å². The minimum atomic E-state index is -4.43. The molecule has 2 aromatic carbocycles. The van der Waals surface area contributed by atoms with Crippen LogP contribution in [0.2, 0.25) is 0 Å². The molecule has 1 saturated heterocycles. The van der Waals surface area contributed by atoms with E-state index in [4.69, 9.17) is 4.84 Å². The first-order chi connectivity index (χ1) is 15.8. The normalized spacial score (nSPS) is 21.0. The monoisotopic (exact) mass is 453 g/mol. The molecular formula is C23H18F3N5O2. The van der Waals surface area contributed by atoms with Crippen molar-refractivity contribution in [3.63, 3.8) is 0 Å². The lowest BCUT2D eigenvalue weighted by Crippen LogP contribution is -2.37. The topological polar surface area (TPSA) is 88.5 Å². The van der Waals surface area contributed by atoms with Crippen molar-refractivity contribution in [1.82, 2.24) is 21.0 Å². The molecule has 1 fully saturated rings. The number of nitrogens with one attached hydrogen (secondary N) is 2. The zero-order chi connectivity index (χ0) is 23.2. The number of carbonyl (C=O) groups excluding carboxylic acids is 1. The quantitative estimate of drug-likeness (QED) is 0.610. The number of halogens is 3. The summed E-state index contributed by atoms with van der Waals surface area (Å²) in [4.78, 5) is 31.4. The Bertz CT molecular complexity index is 1320. The molecule has 0 saturated carbocycles. The lowest BCUT2D eigenvalue weighted by Gasteiger charge is -2.18. The number of hydrazine groups is 1. The molecule has 3 aromatic rings. The smallest absolute Gasteiger partial charge is 0.290 e. The predicted molar refractivity (Wildman–Crippen MR) is 115 cm³/mol. The maximum Gasteiger partial charge on any atom is 0.416 e. The van der Waals surface area contributed by atoms with Crippen LogP contribution in [-0.2, 0) is 15.8 Å². The number of hydrogen-bond donors (Lipinski definition) is 2. The van der Waals surface area contributed by atoms with Crippen molar-refractivity contribution < 1.29 is 22.8 Å². The maximum atomic E-state index is 13.1. The molecule has 0 amide bonds. The second-order valence-electron chi connectivity index (χ2n) is 7.82. The van der Waals surface area contributed by atoms with E-state index >= 15 is 0 Å². The summed E-state index contributed by atoms with van der Waals surface area (Å²) in [6, 6.07) is 8.06. The first-order valence-electron chi connectivity index (χ1n) is 10.2. The number of nitrogens with zero attached hydrogens (tertiary/aromatic N) is 3. The van der Waals surface area contributed by atoms with Crippen molar-refractivity contribution in [2.45, 2.75) is 31.7 Å². The third kappa shape index (κ3) is 4.04. The number of alkyl halides is 3. The van der Waals surface area contributed by atoms with Gasteiger partial charge in [0.2, 0.25) is 5.78 Å². The average Bonchev–Trinajstić information content (AvgIpc) is 2.97. The fourth-order valence-corrected chi connectivity index (χ4v) is 3.92. The highest BCUT2D eigenvalue weighted by Crippen LogP contribution is 2.32. The van der Waals surface area contributed by atoms with Gasteiger partial charge in [0.25, 0.3) is 0 Å². The Hall–Kier alpha value is -3.47. The highest BCUT2D eigenvalue weighted by molar-refractivity contribution is 6.43. The molecule has 2 N–H and O–H groups in total. The van der Waals surface area contributed by atoms with Gasteiger partial charge in [-0.05, 0) is 42.3 Å². The third-order valence-electron chi connectivity index (χ3n) is 5.64. The number of ketones is 1. The van der Waals surface area contributed by atoms with Crippen molar-refractivity contribution in [2.75, 3.05) is 0 Å². The van der Waals surface area contributed by atoms with Gasteiger partial charge in [0, 0.05) is 29.8 Å². The van der Waals surface area contributed by atoms with Crippen LogP contribution >= 0.6 is 0 Å². The molecule has 2 aliphatic heterocycles. The van der Waals surface area contributed by atoms with Crippen molar-refractivity contribution in [1.29, 1.82) is 0 Å². The molecule has 10 heteroatoms. The number of aliphatic imine (C=N–C) groups is 1. The molecule has 0 bridgehead atoms. The van der Waals surface area contributed by atoms with Gasteiger partial charge in [-0.25, -0.2) is 15.4 Å². The van der Waals surface area contributed by atoms with Gasteiger partial charge in [-0.1, -0.05) is 18.2 Å². The number of Topliss-reactive ketones (excluding diaryl/α,β-unsaturated/α-hetero) is 1. The van der Waals surface area contributed by atoms with E-state index in [1.807, 2.05) is 19.1 Å². The highest BCUT2D eigenvalue weighted by Gasteiger charge is 2.35. The number of aromatic nitrogens is 2. The van der Waals surface area contributed by atoms with Gasteiger partial charge in [0.05, 0.1) is 11.1 Å². The second kappa shape index (κ2) is 8.14. The van der Waals surface area contributed by atoms with E-state index in [0.717, 1.165) is 23.3 Å². The predicted octanol–water partition coefficient (Wildman–Crippen LogP) is 4.00. The molecule has 2 aliphatic rings. The minimum Gasteiger partial charge on any atom is -0.290 e. The molecule has 7 nitrogen and oxygen atoms in total. The summed E-state index contributed by atoms with van der Waals surface area (Å²) in [5, 5.41) is 0.304. The van der Waals surface area contributed by atoms with Gasteiger partial charge in [-0.2, -0.15) is 13.2 Å². The van der Waals surface area contributed by atoms with Crippen molar-refractivity contribution in [3.8, 4) is 11.4 Å². The highest BCUT2D eigenvalue weighted by atomic mass is 19.4. The number of fused-ring (bicyclic) bond motifs is 2. The molecule has 3 heterocycles. The van der Waals surface area contributed by atoms with E-state index in [1.54, 1.807) is 18.3 Å². The van der Waals surface area contributed by atoms with Gasteiger partial charge in [-0.15, -0.1) is 5.59 Å². The lowest BCUT2D eigenvalue weighted by molar-refractivity contribution is -0.137. The Morgan fingerprint density at radius 3 is 2.79 bits per heavy atom. The van der Waals surface area contributed by atoms with Crippen LogP contribution < -0.4 is 11.0 Å². The van der Waals surface area contributed by atoms with E-state index < -0.39 is 23.9 Å². The summed E-state index contributed by atoms with van der Waals surface area (Å²) >= 11 is 0. The van der Waals surface area contributed by atoms with Crippen LogP contribution in [0.1, 0.15) is 29.2 Å². The zero-order valence-corrected chi connectivity index (χ0v) is 17.3. The summed E-state index contributed by atoms with van der Waals surface area (Å²) in [5.41, 5.74) is 7.76. The van der Waals surface area contributed by atoms with Crippen molar-refractivity contribution >= 4 is 22.4 Å². The Balaban J connectivity index is 1.46. The first-order valence-corrected chi connectivity index (χ1v) is 10.2. The fraction of sp³-hybridized carbons (Fsp3) is 0.217. The Labute approximate surface area is 186 Å². The van der Waals surface area contributed by atoms with Gasteiger partial charge in [-0.3, -0.25) is 14.6 Å². The summed E-state index contributed by atoms with van der Waals surface area (Å²) in [5.74, 6) is 0.188. The number of benzene rings is 2. The first kappa shape index (κ1) is 21.4. The number of aryl methyl sites for hydroxylation is 1. The molecule has 5 rings (SSSR count). The van der Waals surface area contributed by atoms with E-state index in [9.17, 15) is 18.0 Å². The SMILES string of the molecule is Cc1cc(-c2ncc3cc(C(F)(F)F)ccc3n2)ccc1C1NNOC2CC=CN=C2C1=O. The summed E-state index contributed by atoms with van der Waals surface area (Å²) in [6.07, 6.45) is 0.472. The van der Waals surface area contributed by atoms with Gasteiger partial charge in [0.1, 0.15) is 17.9 Å². The average molecular weight is 453 g/mol. The molecule has 0 spiro atoms. The van der Waals surface area contributed by atoms with E-state index in [0.29, 0.717) is 34.4 Å². The summed E-state index contributed by atoms with van der Waals surface area (Å²) < 4.78 is 38.8. The molecular weight excluding hydrogens is 435 g/mol. The van der Waals surface area contributed by atoms with E-state index in [1.165, 1.54) is 12.3 Å². The number of rotatable bonds is 2. The van der Waals surface area contributed by atoms with Gasteiger partial charge < -0.3 is 0 Å². The lowest BCUT2D eigenvalue weighted by atomic mass is 9.92. The van der Waals surface area contributed by atoms with Crippen LogP contribution in [0.15, 0.2) is 59.9 Å². The standard InChI is InChI=1S/C23H18F3N5O2/c1-12-9-13(22-28-11-14-10-15(23(24,25)26)5-7-17(14)29-22)4-6-16(12)19-21(32)20-18(33-31-30-19)3-2-8-27-20/h2,4-11,18-19,30-31H,3H2,1H3. The molecule has 168 valence electrons. The van der Waals surface area contributed by atoms with Gasteiger partial charge >= 0.3 is 6.18 Å². The Morgan fingerprint density at radius 1 is 1.15 bits per heavy atom. The second-order valence-corrected chi connectivity index (χ2v) is 7.82. The molecule has 0 radical (unpaired) electrons. The van der Waals surface area contributed by atoms with Crippen LogP contribution in [0, 0.1) is 6.92 Å². The maximum absolute atomic E-state index is 13.1. The number of hydrogen-bond acceptors (Lipinski definition) is 7. The van der Waals surface area contributed by atoms with Crippen LogP contribution in [-0.4, -0.2) is 27.6 Å². The van der Waals surface area contributed by atoms with Crippen molar-refractivity contribution in [2.24, 2.45) is 4.99 Å². The minimum absolute atomic E-state index is 0.187. The van der Waals surface area contributed by atoms with Crippen LogP contribution in [0.25, 0.3) is 22.3 Å². The fourth-order valence-electron chi connectivity index (χ4n) is 3.92. The Kier molecular flexibility index (Phi) is 5.28. The summed E-state index contributed by atoms with van der Waals surface area (Å²) in [6.45, 7) is 1.86. The molecule has 2 unspecified atom stereocenters. The van der Waals surface area contributed by atoms with E-state index in [2.05, 4.69) is 26.0 Å². The molecule has 1 aromatic heterocycles. The zero-order valence-electron chi connectivity index (χ0n) is 17.3. The largest absolute Gasteiger partial charge is 0.416 e. The number of carbonyl (C=O) groups is 1. The van der Waals surface area contributed by atoms with Crippen molar-refractivity contribution in [3.05, 3.63) is 71.6 Å². The van der Waals surface area contributed by atoms with E-state index in [-0.39, 0.29) is 5.78 Å². The molecule has 0 aliphatic carbocycles.